The van der Waals surface area contributed by atoms with E-state index in [0.717, 1.165) is 24.5 Å². The highest BCUT2D eigenvalue weighted by molar-refractivity contribution is 5.41. The van der Waals surface area contributed by atoms with Gasteiger partial charge in [-0.3, -0.25) is 0 Å². The Morgan fingerprint density at radius 2 is 2.12 bits per heavy atom. The molecule has 1 aromatic rings. The van der Waals surface area contributed by atoms with Crippen LogP contribution in [0.25, 0.3) is 0 Å². The summed E-state index contributed by atoms with van der Waals surface area (Å²) in [6, 6.07) is 3.77. The Labute approximate surface area is 95.9 Å². The van der Waals surface area contributed by atoms with E-state index in [-0.39, 0.29) is 18.8 Å². The van der Waals surface area contributed by atoms with Crippen LogP contribution in [0.1, 0.15) is 19.4 Å². The third-order valence-electron chi connectivity index (χ3n) is 2.74. The average Bonchev–Trinajstić information content (AvgIpc) is 2.28. The maximum absolute atomic E-state index is 9.09. The van der Waals surface area contributed by atoms with Crippen LogP contribution in [0.5, 0.6) is 0 Å². The zero-order valence-electron chi connectivity index (χ0n) is 9.76. The molecule has 0 bridgehead atoms. The molecular weight excluding hydrogens is 204 g/mol. The Bertz CT molecular complexity index is 347. The predicted octanol–water partition coefficient (Wildman–Crippen LogP) is 1.19. The second-order valence-corrected chi connectivity index (χ2v) is 4.34. The minimum atomic E-state index is 0.0605. The highest BCUT2D eigenvalue weighted by Gasteiger charge is 2.22. The number of nitrogens with zero attached hydrogens (tertiary/aromatic N) is 2. The Hall–Kier alpha value is -1.13. The van der Waals surface area contributed by atoms with Crippen molar-refractivity contribution in [3.05, 3.63) is 23.9 Å². The van der Waals surface area contributed by atoms with Crippen LogP contribution in [-0.4, -0.2) is 35.4 Å². The van der Waals surface area contributed by atoms with E-state index >= 15 is 0 Å². The van der Waals surface area contributed by atoms with Gasteiger partial charge in [0, 0.05) is 19.3 Å². The lowest BCUT2D eigenvalue weighted by Gasteiger charge is -2.36. The molecule has 16 heavy (non-hydrogen) atoms. The van der Waals surface area contributed by atoms with E-state index < -0.39 is 0 Å². The van der Waals surface area contributed by atoms with Gasteiger partial charge in [-0.2, -0.15) is 0 Å². The largest absolute Gasteiger partial charge is 0.392 e. The third-order valence-corrected chi connectivity index (χ3v) is 2.74. The van der Waals surface area contributed by atoms with Crippen LogP contribution < -0.4 is 4.90 Å². The van der Waals surface area contributed by atoms with Gasteiger partial charge in [0.05, 0.1) is 18.8 Å². The Morgan fingerprint density at radius 1 is 1.44 bits per heavy atom. The smallest absolute Gasteiger partial charge is 0.129 e. The quantitative estimate of drug-likeness (QED) is 0.816. The maximum Gasteiger partial charge on any atom is 0.129 e. The maximum atomic E-state index is 9.09. The van der Waals surface area contributed by atoms with Crippen molar-refractivity contribution in [2.24, 2.45) is 0 Å². The van der Waals surface area contributed by atoms with Gasteiger partial charge in [0.15, 0.2) is 0 Å². The normalized spacial score (nSPS) is 25.8. The minimum absolute atomic E-state index is 0.0605. The van der Waals surface area contributed by atoms with E-state index in [9.17, 15) is 0 Å². The first kappa shape index (κ1) is 11.4. The molecule has 4 heteroatoms. The summed E-state index contributed by atoms with van der Waals surface area (Å²) in [6.45, 7) is 5.90. The monoisotopic (exact) mass is 222 g/mol. The highest BCUT2D eigenvalue weighted by atomic mass is 16.5. The number of ether oxygens (including phenoxy) is 1. The molecule has 2 atom stereocenters. The Kier molecular flexibility index (Phi) is 3.41. The van der Waals surface area contributed by atoms with Gasteiger partial charge in [-0.05, 0) is 31.5 Å². The number of rotatable bonds is 2. The van der Waals surface area contributed by atoms with Gasteiger partial charge in [0.2, 0.25) is 0 Å². The standard InChI is InChI=1S/C12H18N2O2/c1-9-6-14(7-10(2)16-9)12-5-11(8-15)3-4-13-12/h3-5,9-10,15H,6-8H2,1-2H3. The van der Waals surface area contributed by atoms with Gasteiger partial charge >= 0.3 is 0 Å². The lowest BCUT2D eigenvalue weighted by Crippen LogP contribution is -2.45. The predicted molar refractivity (Wildman–Crippen MR) is 62.4 cm³/mol. The molecule has 0 amide bonds. The van der Waals surface area contributed by atoms with E-state index in [2.05, 4.69) is 23.7 Å². The van der Waals surface area contributed by atoms with E-state index in [1.165, 1.54) is 0 Å². The van der Waals surface area contributed by atoms with E-state index in [4.69, 9.17) is 9.84 Å². The fourth-order valence-corrected chi connectivity index (χ4v) is 2.10. The van der Waals surface area contributed by atoms with Crippen LogP contribution in [0.2, 0.25) is 0 Å². The summed E-state index contributed by atoms with van der Waals surface area (Å²) in [5.41, 5.74) is 0.900. The first-order chi connectivity index (χ1) is 7.69. The lowest BCUT2D eigenvalue weighted by molar-refractivity contribution is -0.00546. The van der Waals surface area contributed by atoms with Crippen molar-refractivity contribution < 1.29 is 9.84 Å². The topological polar surface area (TPSA) is 45.6 Å². The number of aliphatic hydroxyl groups is 1. The van der Waals surface area contributed by atoms with Gasteiger partial charge < -0.3 is 14.7 Å². The summed E-state index contributed by atoms with van der Waals surface area (Å²) in [5.74, 6) is 0.925. The average molecular weight is 222 g/mol. The van der Waals surface area contributed by atoms with Crippen molar-refractivity contribution in [1.29, 1.82) is 0 Å². The highest BCUT2D eigenvalue weighted by Crippen LogP contribution is 2.18. The zero-order chi connectivity index (χ0) is 11.5. The van der Waals surface area contributed by atoms with Gasteiger partial charge in [-0.25, -0.2) is 4.98 Å². The van der Waals surface area contributed by atoms with E-state index in [1.54, 1.807) is 6.20 Å². The van der Waals surface area contributed by atoms with Crippen molar-refractivity contribution in [3.63, 3.8) is 0 Å². The second-order valence-electron chi connectivity index (χ2n) is 4.34. The molecule has 0 aliphatic carbocycles. The number of hydrogen-bond donors (Lipinski definition) is 1. The molecule has 0 saturated carbocycles. The third kappa shape index (κ3) is 2.51. The first-order valence-electron chi connectivity index (χ1n) is 5.65. The van der Waals surface area contributed by atoms with Gasteiger partial charge in [0.25, 0.3) is 0 Å². The number of hydrogen-bond acceptors (Lipinski definition) is 4. The molecule has 88 valence electrons. The van der Waals surface area contributed by atoms with Crippen LogP contribution in [0.3, 0.4) is 0 Å². The number of pyridine rings is 1. The van der Waals surface area contributed by atoms with Gasteiger partial charge in [-0.15, -0.1) is 0 Å². The molecule has 2 unspecified atom stereocenters. The number of aliphatic hydroxyl groups excluding tert-OH is 1. The molecule has 1 fully saturated rings. The number of anilines is 1. The van der Waals surface area contributed by atoms with Crippen molar-refractivity contribution in [3.8, 4) is 0 Å². The molecular formula is C12H18N2O2. The van der Waals surface area contributed by atoms with Crippen LogP contribution in [0, 0.1) is 0 Å². The van der Waals surface area contributed by atoms with Crippen LogP contribution >= 0.6 is 0 Å². The summed E-state index contributed by atoms with van der Waals surface area (Å²) in [4.78, 5) is 6.55. The summed E-state index contributed by atoms with van der Waals surface area (Å²) in [6.07, 6.45) is 2.19. The van der Waals surface area contributed by atoms with Crippen molar-refractivity contribution >= 4 is 5.82 Å². The fraction of sp³-hybridized carbons (Fsp3) is 0.583. The molecule has 2 rings (SSSR count). The van der Waals surface area contributed by atoms with Crippen molar-refractivity contribution in [1.82, 2.24) is 4.98 Å². The van der Waals surface area contributed by atoms with Gasteiger partial charge in [-0.1, -0.05) is 0 Å². The Morgan fingerprint density at radius 3 is 2.75 bits per heavy atom. The molecule has 1 aliphatic rings. The molecule has 1 saturated heterocycles. The molecule has 1 N–H and O–H groups in total. The van der Waals surface area contributed by atoms with Gasteiger partial charge in [0.1, 0.15) is 5.82 Å². The summed E-state index contributed by atoms with van der Waals surface area (Å²) < 4.78 is 5.68. The summed E-state index contributed by atoms with van der Waals surface area (Å²) in [5, 5.41) is 9.09. The molecule has 0 radical (unpaired) electrons. The summed E-state index contributed by atoms with van der Waals surface area (Å²) in [7, 11) is 0. The molecule has 0 spiro atoms. The first-order valence-corrected chi connectivity index (χ1v) is 5.65. The molecule has 1 aromatic heterocycles. The molecule has 1 aliphatic heterocycles. The Balaban J connectivity index is 2.16. The molecule has 4 nitrogen and oxygen atoms in total. The van der Waals surface area contributed by atoms with Crippen LogP contribution in [-0.2, 0) is 11.3 Å². The SMILES string of the molecule is CC1CN(c2cc(CO)ccn2)CC(C)O1. The second kappa shape index (κ2) is 4.80. The molecule has 0 aromatic carbocycles. The molecule has 2 heterocycles. The number of aromatic nitrogens is 1. The van der Waals surface area contributed by atoms with Crippen molar-refractivity contribution in [2.75, 3.05) is 18.0 Å². The zero-order valence-corrected chi connectivity index (χ0v) is 9.76. The van der Waals surface area contributed by atoms with E-state index in [0.29, 0.717) is 0 Å². The number of morpholine rings is 1. The fourth-order valence-electron chi connectivity index (χ4n) is 2.10. The van der Waals surface area contributed by atoms with E-state index in [1.807, 2.05) is 12.1 Å². The van der Waals surface area contributed by atoms with Crippen molar-refractivity contribution in [2.45, 2.75) is 32.7 Å². The van der Waals surface area contributed by atoms with Crippen LogP contribution in [0.15, 0.2) is 18.3 Å². The minimum Gasteiger partial charge on any atom is -0.392 e. The lowest BCUT2D eigenvalue weighted by atomic mass is 10.2. The summed E-state index contributed by atoms with van der Waals surface area (Å²) >= 11 is 0. The van der Waals surface area contributed by atoms with Crippen LogP contribution in [0.4, 0.5) is 5.82 Å².